The molecule has 1 N–H and O–H groups in total. The molecule has 142 valence electrons. The molecule has 27 heavy (non-hydrogen) atoms. The van der Waals surface area contributed by atoms with Crippen molar-refractivity contribution in [1.29, 1.82) is 0 Å². The van der Waals surface area contributed by atoms with E-state index in [4.69, 9.17) is 9.72 Å². The van der Waals surface area contributed by atoms with E-state index in [1.807, 2.05) is 37.3 Å². The smallest absolute Gasteiger partial charge is 0.255 e. The van der Waals surface area contributed by atoms with E-state index in [9.17, 15) is 4.79 Å². The molecule has 0 saturated heterocycles. The first-order chi connectivity index (χ1) is 13.2. The second-order valence-electron chi connectivity index (χ2n) is 6.71. The number of aromatic nitrogens is 2. The van der Waals surface area contributed by atoms with Crippen molar-refractivity contribution in [3.8, 4) is 5.75 Å². The lowest BCUT2D eigenvalue weighted by atomic mass is 10.1. The molecular formula is C22H27N3O2. The molecule has 5 heteroatoms. The predicted molar refractivity (Wildman–Crippen MR) is 108 cm³/mol. The summed E-state index contributed by atoms with van der Waals surface area (Å²) < 4.78 is 7.54. The van der Waals surface area contributed by atoms with Crippen molar-refractivity contribution in [2.24, 2.45) is 0 Å². The number of imidazole rings is 1. The van der Waals surface area contributed by atoms with Gasteiger partial charge in [-0.05, 0) is 37.6 Å². The molecule has 0 radical (unpaired) electrons. The van der Waals surface area contributed by atoms with Gasteiger partial charge in [-0.15, -0.1) is 0 Å². The molecule has 3 rings (SSSR count). The minimum Gasteiger partial charge on any atom is -0.496 e. The van der Waals surface area contributed by atoms with Crippen LogP contribution < -0.4 is 10.1 Å². The van der Waals surface area contributed by atoms with Gasteiger partial charge in [-0.3, -0.25) is 4.79 Å². The fourth-order valence-corrected chi connectivity index (χ4v) is 3.35. The first-order valence-electron chi connectivity index (χ1n) is 9.54. The quantitative estimate of drug-likeness (QED) is 0.587. The maximum absolute atomic E-state index is 12.8. The Kier molecular flexibility index (Phi) is 6.12. The molecule has 0 aliphatic heterocycles. The summed E-state index contributed by atoms with van der Waals surface area (Å²) in [5, 5.41) is 3.08. The predicted octanol–water partition coefficient (Wildman–Crippen LogP) is 4.73. The zero-order chi connectivity index (χ0) is 19.2. The Morgan fingerprint density at radius 1 is 1.15 bits per heavy atom. The second kappa shape index (κ2) is 8.71. The summed E-state index contributed by atoms with van der Waals surface area (Å²) in [4.78, 5) is 17.6. The molecule has 0 spiro atoms. The Bertz CT molecular complexity index is 917. The highest BCUT2D eigenvalue weighted by Crippen LogP contribution is 2.23. The summed E-state index contributed by atoms with van der Waals surface area (Å²) in [5.74, 6) is 1.29. The summed E-state index contributed by atoms with van der Waals surface area (Å²) in [6.07, 6.45) is 3.44. The number of carbonyl (C=O) groups is 1. The molecule has 1 amide bonds. The number of ether oxygens (including phenoxy) is 1. The van der Waals surface area contributed by atoms with E-state index in [-0.39, 0.29) is 11.9 Å². The first kappa shape index (κ1) is 19.0. The van der Waals surface area contributed by atoms with E-state index in [1.165, 1.54) is 12.8 Å². The molecule has 2 aromatic carbocycles. The van der Waals surface area contributed by atoms with E-state index < -0.39 is 0 Å². The number of nitrogens with one attached hydrogen (secondary N) is 1. The van der Waals surface area contributed by atoms with Gasteiger partial charge in [-0.2, -0.15) is 0 Å². The zero-order valence-electron chi connectivity index (χ0n) is 16.2. The van der Waals surface area contributed by atoms with Gasteiger partial charge in [0, 0.05) is 6.54 Å². The van der Waals surface area contributed by atoms with Gasteiger partial charge in [0.15, 0.2) is 0 Å². The molecule has 1 heterocycles. The maximum atomic E-state index is 12.8. The molecule has 1 aromatic heterocycles. The molecular weight excluding hydrogens is 338 g/mol. The van der Waals surface area contributed by atoms with Crippen LogP contribution in [0.25, 0.3) is 11.0 Å². The van der Waals surface area contributed by atoms with Crippen LogP contribution in [0.15, 0.2) is 48.5 Å². The summed E-state index contributed by atoms with van der Waals surface area (Å²) in [7, 11) is 1.57. The highest BCUT2D eigenvalue weighted by atomic mass is 16.5. The normalized spacial score (nSPS) is 12.1. The second-order valence-corrected chi connectivity index (χ2v) is 6.71. The van der Waals surface area contributed by atoms with Crippen molar-refractivity contribution in [3.05, 3.63) is 59.9 Å². The Morgan fingerprint density at radius 2 is 1.89 bits per heavy atom. The Morgan fingerprint density at radius 3 is 2.67 bits per heavy atom. The number of methoxy groups -OCH3 is 1. The van der Waals surface area contributed by atoms with E-state index >= 15 is 0 Å². The Balaban J connectivity index is 1.87. The van der Waals surface area contributed by atoms with Gasteiger partial charge < -0.3 is 14.6 Å². The van der Waals surface area contributed by atoms with Crippen LogP contribution in [-0.4, -0.2) is 22.6 Å². The van der Waals surface area contributed by atoms with E-state index in [0.29, 0.717) is 11.3 Å². The Labute approximate surface area is 160 Å². The van der Waals surface area contributed by atoms with E-state index in [0.717, 1.165) is 29.8 Å². The molecule has 1 atom stereocenters. The minimum atomic E-state index is -0.212. The number of rotatable bonds is 8. The van der Waals surface area contributed by atoms with Crippen LogP contribution in [0.2, 0.25) is 0 Å². The third-order valence-electron chi connectivity index (χ3n) is 4.76. The topological polar surface area (TPSA) is 56.2 Å². The van der Waals surface area contributed by atoms with Gasteiger partial charge in [0.2, 0.25) is 0 Å². The van der Waals surface area contributed by atoms with Crippen LogP contribution in [0.5, 0.6) is 5.75 Å². The lowest BCUT2D eigenvalue weighted by Gasteiger charge is -2.17. The van der Waals surface area contributed by atoms with E-state index in [2.05, 4.69) is 22.9 Å². The first-order valence-corrected chi connectivity index (χ1v) is 9.54. The van der Waals surface area contributed by atoms with Gasteiger partial charge in [0.05, 0.1) is 29.7 Å². The number of aryl methyl sites for hydroxylation is 1. The molecule has 0 bridgehead atoms. The zero-order valence-corrected chi connectivity index (χ0v) is 16.2. The molecule has 0 saturated carbocycles. The SMILES string of the molecule is CCCCCn1c([C@H](C)NC(=O)c2ccccc2OC)nc2ccccc21. The molecule has 0 fully saturated rings. The van der Waals surface area contributed by atoms with Crippen LogP contribution in [-0.2, 0) is 6.54 Å². The number of amides is 1. The van der Waals surface area contributed by atoms with Gasteiger partial charge in [0.25, 0.3) is 5.91 Å². The summed E-state index contributed by atoms with van der Waals surface area (Å²) >= 11 is 0. The van der Waals surface area contributed by atoms with Crippen molar-refractivity contribution < 1.29 is 9.53 Å². The highest BCUT2D eigenvalue weighted by Gasteiger charge is 2.20. The van der Waals surface area contributed by atoms with Gasteiger partial charge >= 0.3 is 0 Å². The van der Waals surface area contributed by atoms with Crippen molar-refractivity contribution in [2.75, 3.05) is 7.11 Å². The number of hydrogen-bond acceptors (Lipinski definition) is 3. The van der Waals surface area contributed by atoms with Crippen LogP contribution in [0.4, 0.5) is 0 Å². The van der Waals surface area contributed by atoms with Gasteiger partial charge in [-0.1, -0.05) is 44.0 Å². The summed E-state index contributed by atoms with van der Waals surface area (Å²) in [6.45, 7) is 5.08. The van der Waals surface area contributed by atoms with Gasteiger partial charge in [0.1, 0.15) is 11.6 Å². The summed E-state index contributed by atoms with van der Waals surface area (Å²) in [5.41, 5.74) is 2.60. The number of nitrogens with zero attached hydrogens (tertiary/aromatic N) is 2. The fourth-order valence-electron chi connectivity index (χ4n) is 3.35. The number of para-hydroxylation sites is 3. The number of carbonyl (C=O) groups excluding carboxylic acids is 1. The highest BCUT2D eigenvalue weighted by molar-refractivity contribution is 5.97. The van der Waals surface area contributed by atoms with Crippen molar-refractivity contribution in [2.45, 2.75) is 45.7 Å². The van der Waals surface area contributed by atoms with Crippen molar-refractivity contribution in [1.82, 2.24) is 14.9 Å². The Hall–Kier alpha value is -2.82. The maximum Gasteiger partial charge on any atom is 0.255 e. The van der Waals surface area contributed by atoms with Crippen LogP contribution in [0.1, 0.15) is 55.3 Å². The summed E-state index contributed by atoms with van der Waals surface area (Å²) in [6, 6.07) is 15.2. The monoisotopic (exact) mass is 365 g/mol. The standard InChI is InChI=1S/C22H27N3O2/c1-4-5-10-15-25-19-13-8-7-12-18(19)24-21(25)16(2)23-22(26)17-11-6-9-14-20(17)27-3/h6-9,11-14,16H,4-5,10,15H2,1-3H3,(H,23,26)/t16-/m0/s1. The van der Waals surface area contributed by atoms with Crippen molar-refractivity contribution >= 4 is 16.9 Å². The van der Waals surface area contributed by atoms with Crippen LogP contribution in [0, 0.1) is 0 Å². The number of unbranched alkanes of at least 4 members (excludes halogenated alkanes) is 2. The molecule has 5 nitrogen and oxygen atoms in total. The van der Waals surface area contributed by atoms with Crippen LogP contribution >= 0.6 is 0 Å². The number of fused-ring (bicyclic) bond motifs is 1. The largest absolute Gasteiger partial charge is 0.496 e. The minimum absolute atomic E-state index is 0.160. The van der Waals surface area contributed by atoms with E-state index in [1.54, 1.807) is 19.2 Å². The molecule has 3 aromatic rings. The number of hydrogen-bond donors (Lipinski definition) is 1. The molecule has 0 unspecified atom stereocenters. The lowest BCUT2D eigenvalue weighted by Crippen LogP contribution is -2.29. The molecule has 0 aliphatic rings. The third-order valence-corrected chi connectivity index (χ3v) is 4.76. The average molecular weight is 365 g/mol. The lowest BCUT2D eigenvalue weighted by molar-refractivity contribution is 0.0934. The molecule has 0 aliphatic carbocycles. The van der Waals surface area contributed by atoms with Crippen LogP contribution in [0.3, 0.4) is 0 Å². The average Bonchev–Trinajstić information content (AvgIpc) is 3.07. The fraction of sp³-hybridized carbons (Fsp3) is 0.364. The van der Waals surface area contributed by atoms with Crippen molar-refractivity contribution in [3.63, 3.8) is 0 Å². The third kappa shape index (κ3) is 4.13. The number of benzene rings is 2. The van der Waals surface area contributed by atoms with Gasteiger partial charge in [-0.25, -0.2) is 4.98 Å².